The van der Waals surface area contributed by atoms with E-state index in [-0.39, 0.29) is 0 Å². The maximum atomic E-state index is 6.59. The topological polar surface area (TPSA) is 12.5 Å². The van der Waals surface area contributed by atoms with Crippen LogP contribution in [-0.4, -0.2) is 12.7 Å². The molecule has 1 aliphatic rings. The molecule has 1 nitrogen and oxygen atoms in total. The standard InChI is InChI=1S/C3H6O/c1-3-2-4-3/h3H,2H2,1H3/i1T. The Hall–Kier alpha value is -0.0400. The van der Waals surface area contributed by atoms with Gasteiger partial charge in [-0.2, -0.15) is 0 Å². The van der Waals surface area contributed by atoms with Crippen LogP contribution in [0.4, 0.5) is 0 Å². The lowest BCUT2D eigenvalue weighted by molar-refractivity contribution is 0.423. The van der Waals surface area contributed by atoms with E-state index >= 15 is 0 Å². The van der Waals surface area contributed by atoms with Gasteiger partial charge in [0.2, 0.25) is 0 Å². The van der Waals surface area contributed by atoms with E-state index in [1.54, 1.807) is 0 Å². The van der Waals surface area contributed by atoms with Gasteiger partial charge in [0.25, 0.3) is 0 Å². The molecule has 0 aromatic rings. The van der Waals surface area contributed by atoms with Gasteiger partial charge in [-0.05, 0) is 6.90 Å². The Labute approximate surface area is 27.0 Å². The van der Waals surface area contributed by atoms with Crippen molar-refractivity contribution < 1.29 is 6.11 Å². The van der Waals surface area contributed by atoms with Gasteiger partial charge in [-0.1, -0.05) is 0 Å². The summed E-state index contributed by atoms with van der Waals surface area (Å²) in [5.74, 6) is 0. The summed E-state index contributed by atoms with van der Waals surface area (Å²) >= 11 is 0. The molecule has 1 rings (SSSR count). The van der Waals surface area contributed by atoms with Gasteiger partial charge in [0.1, 0.15) is 0 Å². The molecule has 1 aliphatic heterocycles. The normalized spacial score (nSPS) is 43.0. The molecule has 1 heterocycles. The minimum absolute atomic E-state index is 0.301. The second-order valence-corrected chi connectivity index (χ2v) is 0.955. The summed E-state index contributed by atoms with van der Waals surface area (Å²) in [6, 6.07) is 0. The van der Waals surface area contributed by atoms with E-state index in [0.29, 0.717) is 13.0 Å². The minimum atomic E-state index is 0.301. The molecule has 0 radical (unpaired) electrons. The van der Waals surface area contributed by atoms with E-state index in [2.05, 4.69) is 4.74 Å². The van der Waals surface area contributed by atoms with Crippen LogP contribution in [0, 0.1) is 0 Å². The fourth-order valence-electron chi connectivity index (χ4n) is 0.0680. The summed E-state index contributed by atoms with van der Waals surface area (Å²) in [7, 11) is 0. The Bertz CT molecular complexity index is 33.9. The van der Waals surface area contributed by atoms with Gasteiger partial charge in [-0.15, -0.1) is 0 Å². The Morgan fingerprint density at radius 2 is 3.25 bits per heavy atom. The molecular formula is C3H6O. The lowest BCUT2D eigenvalue weighted by atomic mass is 10.6. The van der Waals surface area contributed by atoms with Crippen molar-refractivity contribution in [3.05, 3.63) is 0 Å². The average molecular weight is 60.1 g/mol. The Morgan fingerprint density at radius 1 is 2.50 bits per heavy atom. The van der Waals surface area contributed by atoms with Crippen LogP contribution in [0.5, 0.6) is 0 Å². The van der Waals surface area contributed by atoms with E-state index < -0.39 is 0 Å². The first-order valence-electron chi connectivity index (χ1n) is 2.05. The van der Waals surface area contributed by atoms with E-state index in [9.17, 15) is 0 Å². The molecule has 1 atom stereocenters. The summed E-state index contributed by atoms with van der Waals surface area (Å²) in [5, 5.41) is 0. The zero-order valence-corrected chi connectivity index (χ0v) is 2.40. The van der Waals surface area contributed by atoms with E-state index in [0.717, 1.165) is 6.61 Å². The molecule has 0 N–H and O–H groups in total. The van der Waals surface area contributed by atoms with Gasteiger partial charge in [-0.3, -0.25) is 0 Å². The molecule has 0 spiro atoms. The summed E-state index contributed by atoms with van der Waals surface area (Å²) in [5.41, 5.74) is 0. The molecule has 1 saturated heterocycles. The molecule has 1 fully saturated rings. The predicted octanol–water partition coefficient (Wildman–Crippen LogP) is 0.405. The fourth-order valence-corrected chi connectivity index (χ4v) is 0.0680. The van der Waals surface area contributed by atoms with Crippen molar-refractivity contribution in [1.29, 1.82) is 0 Å². The van der Waals surface area contributed by atoms with Crippen LogP contribution in [0.15, 0.2) is 0 Å². The summed E-state index contributed by atoms with van der Waals surface area (Å²) in [6.45, 7) is 1.27. The van der Waals surface area contributed by atoms with Gasteiger partial charge in [0.15, 0.2) is 0 Å². The maximum absolute atomic E-state index is 6.59. The summed E-state index contributed by atoms with van der Waals surface area (Å²) in [4.78, 5) is 0. The van der Waals surface area contributed by atoms with Gasteiger partial charge in [0, 0.05) is 1.37 Å². The predicted molar refractivity (Wildman–Crippen MR) is 15.4 cm³/mol. The van der Waals surface area contributed by atoms with Gasteiger partial charge >= 0.3 is 0 Å². The number of ether oxygens (including phenoxy) is 1. The first-order valence-corrected chi connectivity index (χ1v) is 1.34. The highest BCUT2D eigenvalue weighted by molar-refractivity contribution is 4.58. The monoisotopic (exact) mass is 60.1 g/mol. The Balaban J connectivity index is 2.00. The zero-order valence-electron chi connectivity index (χ0n) is 3.40. The molecule has 0 bridgehead atoms. The Kier molecular flexibility index (Phi) is 0.163. The zero-order chi connectivity index (χ0) is 3.70. The fraction of sp³-hybridized carbons (Fsp3) is 1.00. The van der Waals surface area contributed by atoms with Crippen LogP contribution in [0.25, 0.3) is 0 Å². The summed E-state index contributed by atoms with van der Waals surface area (Å²) in [6.07, 6.45) is 0.301. The third kappa shape index (κ3) is 0.206. The second-order valence-electron chi connectivity index (χ2n) is 0.955. The van der Waals surface area contributed by atoms with Crippen LogP contribution in [-0.2, 0) is 4.74 Å². The van der Waals surface area contributed by atoms with Gasteiger partial charge in [0.05, 0.1) is 12.7 Å². The molecule has 24 valence electrons. The molecule has 0 aromatic heterocycles. The minimum Gasteiger partial charge on any atom is -0.373 e. The lowest BCUT2D eigenvalue weighted by Crippen LogP contribution is -1.60. The number of hydrogen-bond acceptors (Lipinski definition) is 1. The van der Waals surface area contributed by atoms with Crippen LogP contribution < -0.4 is 0 Å². The van der Waals surface area contributed by atoms with Crippen molar-refractivity contribution in [1.82, 2.24) is 0 Å². The highest BCUT2D eigenvalue weighted by atomic mass is 16.6. The number of hydrogen-bond donors (Lipinski definition) is 0. The van der Waals surface area contributed by atoms with E-state index in [1.807, 2.05) is 0 Å². The van der Waals surface area contributed by atoms with Crippen LogP contribution in [0.2, 0.25) is 0 Å². The number of epoxide rings is 1. The van der Waals surface area contributed by atoms with Crippen LogP contribution in [0.1, 0.15) is 8.27 Å². The van der Waals surface area contributed by atoms with E-state index in [1.165, 1.54) is 0 Å². The lowest BCUT2D eigenvalue weighted by Gasteiger charge is -1.50. The smallest absolute Gasteiger partial charge is 0.0781 e. The second kappa shape index (κ2) is 0.462. The van der Waals surface area contributed by atoms with E-state index in [4.69, 9.17) is 1.37 Å². The molecule has 0 amide bonds. The highest BCUT2D eigenvalue weighted by Gasteiger charge is 2.13. The third-order valence-electron chi connectivity index (χ3n) is 0.402. The summed E-state index contributed by atoms with van der Waals surface area (Å²) < 4.78 is 11.3. The molecule has 0 aromatic carbocycles. The van der Waals surface area contributed by atoms with Crippen molar-refractivity contribution in [2.24, 2.45) is 0 Å². The van der Waals surface area contributed by atoms with Crippen molar-refractivity contribution in [3.8, 4) is 0 Å². The van der Waals surface area contributed by atoms with Crippen molar-refractivity contribution in [2.45, 2.75) is 13.0 Å². The van der Waals surface area contributed by atoms with Crippen molar-refractivity contribution in [3.63, 3.8) is 0 Å². The molecular weight excluding hydrogens is 52.0 g/mol. The van der Waals surface area contributed by atoms with Crippen LogP contribution >= 0.6 is 0 Å². The maximum Gasteiger partial charge on any atom is 0.0781 e. The van der Waals surface area contributed by atoms with Crippen LogP contribution in [0.3, 0.4) is 0 Å². The number of rotatable bonds is 0. The average Bonchev–Trinajstić information content (AvgIpc) is 2.12. The van der Waals surface area contributed by atoms with Gasteiger partial charge < -0.3 is 4.74 Å². The SMILES string of the molecule is [3H]CC1CO1. The molecule has 0 saturated carbocycles. The highest BCUT2D eigenvalue weighted by Crippen LogP contribution is 2.04. The largest absolute Gasteiger partial charge is 0.373 e. The molecule has 1 heteroatoms. The first-order chi connectivity index (χ1) is 2.43. The molecule has 1 unspecified atom stereocenters. The van der Waals surface area contributed by atoms with Crippen molar-refractivity contribution in [2.75, 3.05) is 6.61 Å². The molecule has 0 aliphatic carbocycles. The molecule has 4 heavy (non-hydrogen) atoms. The first kappa shape index (κ1) is 1.41. The van der Waals surface area contributed by atoms with Crippen molar-refractivity contribution >= 4 is 0 Å². The quantitative estimate of drug-likeness (QED) is 0.369. The third-order valence-corrected chi connectivity index (χ3v) is 0.402. The Morgan fingerprint density at radius 3 is 3.25 bits per heavy atom. The van der Waals surface area contributed by atoms with Gasteiger partial charge in [-0.25, -0.2) is 0 Å².